The van der Waals surface area contributed by atoms with Crippen LogP contribution in [-0.2, 0) is 26.9 Å². The van der Waals surface area contributed by atoms with Gasteiger partial charge in [0.1, 0.15) is 23.9 Å². The Kier molecular flexibility index (Phi) is 9.78. The lowest BCUT2D eigenvalue weighted by molar-refractivity contribution is -0.143. The minimum Gasteiger partial charge on any atom is -0.497 e. The van der Waals surface area contributed by atoms with Crippen LogP contribution in [0.1, 0.15) is 63.5 Å². The zero-order valence-electron chi connectivity index (χ0n) is 23.1. The molecule has 7 heteroatoms. The average Bonchev–Trinajstić information content (AvgIpc) is 3.76. The Balaban J connectivity index is 1.56. The van der Waals surface area contributed by atoms with E-state index in [4.69, 9.17) is 14.2 Å². The van der Waals surface area contributed by atoms with Gasteiger partial charge >= 0.3 is 5.97 Å². The van der Waals surface area contributed by atoms with Crippen molar-refractivity contribution in [2.75, 3.05) is 13.7 Å². The van der Waals surface area contributed by atoms with Crippen LogP contribution in [0, 0.1) is 11.7 Å². The quantitative estimate of drug-likeness (QED) is 0.206. The Labute approximate surface area is 233 Å². The lowest BCUT2D eigenvalue weighted by Gasteiger charge is -2.18. The van der Waals surface area contributed by atoms with Crippen molar-refractivity contribution < 1.29 is 27.6 Å². The highest BCUT2D eigenvalue weighted by Crippen LogP contribution is 2.41. The third-order valence-corrected chi connectivity index (χ3v) is 8.55. The van der Waals surface area contributed by atoms with E-state index in [1.165, 1.54) is 26.0 Å². The van der Waals surface area contributed by atoms with E-state index in [9.17, 15) is 13.4 Å². The van der Waals surface area contributed by atoms with Crippen molar-refractivity contribution >= 4 is 16.8 Å². The fourth-order valence-corrected chi connectivity index (χ4v) is 5.85. The number of halogens is 1. The Morgan fingerprint density at radius 2 is 1.82 bits per heavy atom. The largest absolute Gasteiger partial charge is 0.497 e. The van der Waals surface area contributed by atoms with E-state index in [1.54, 1.807) is 18.2 Å². The molecule has 2 atom stereocenters. The molecule has 39 heavy (non-hydrogen) atoms. The molecule has 4 rings (SSSR count). The molecule has 1 saturated carbocycles. The van der Waals surface area contributed by atoms with Crippen LogP contribution >= 0.6 is 0 Å². The van der Waals surface area contributed by atoms with Crippen molar-refractivity contribution in [2.45, 2.75) is 69.1 Å². The van der Waals surface area contributed by atoms with E-state index < -0.39 is 16.6 Å². The number of ether oxygens (including phenoxy) is 3. The Morgan fingerprint density at radius 3 is 2.51 bits per heavy atom. The Morgan fingerprint density at radius 1 is 1.03 bits per heavy atom. The number of carbonyl (C=O) groups excluding carboxylic acids is 1. The molecule has 1 unspecified atom stereocenters. The fraction of sp³-hybridized carbons (Fsp3) is 0.406. The van der Waals surface area contributed by atoms with E-state index in [-0.39, 0.29) is 23.7 Å². The second kappa shape index (κ2) is 13.2. The van der Waals surface area contributed by atoms with Crippen molar-refractivity contribution in [1.29, 1.82) is 0 Å². The van der Waals surface area contributed by atoms with Gasteiger partial charge in [0.15, 0.2) is 0 Å². The van der Waals surface area contributed by atoms with Crippen molar-refractivity contribution in [3.8, 4) is 22.6 Å². The summed E-state index contributed by atoms with van der Waals surface area (Å²) in [7, 11) is 0.186. The summed E-state index contributed by atoms with van der Waals surface area (Å²) in [6.07, 6.45) is 3.76. The third kappa shape index (κ3) is 7.69. The summed E-state index contributed by atoms with van der Waals surface area (Å²) in [5.74, 6) is 1.42. The maximum atomic E-state index is 14.8. The molecule has 1 aliphatic carbocycles. The predicted octanol–water partition coefficient (Wildman–Crippen LogP) is 7.43. The maximum Gasteiger partial charge on any atom is 0.306 e. The van der Waals surface area contributed by atoms with Gasteiger partial charge in [-0.3, -0.25) is 9.00 Å². The minimum absolute atomic E-state index is 0.0946. The molecule has 1 aliphatic rings. The molecule has 5 nitrogen and oxygen atoms in total. The number of benzene rings is 3. The second-order valence-electron chi connectivity index (χ2n) is 10.3. The number of methoxy groups -OCH3 is 1. The smallest absolute Gasteiger partial charge is 0.306 e. The van der Waals surface area contributed by atoms with Gasteiger partial charge in [-0.1, -0.05) is 51.0 Å². The first kappa shape index (κ1) is 28.8. The summed E-state index contributed by atoms with van der Waals surface area (Å²) in [5.41, 5.74) is 2.82. The molecule has 0 spiro atoms. The molecule has 0 bridgehead atoms. The van der Waals surface area contributed by atoms with E-state index in [2.05, 4.69) is 0 Å². The summed E-state index contributed by atoms with van der Waals surface area (Å²) in [5, 5.41) is -0.145. The SMILES string of the molecule is CCOC(=O)CC(CC1CC1)c1cccc(OCc2ccc(-c3cc(OC)ccc3F)c([S@@](=O)C(C)C)c2)c1. The number of hydrogen-bond acceptors (Lipinski definition) is 5. The zero-order valence-corrected chi connectivity index (χ0v) is 23.9. The number of carbonyl (C=O) groups is 1. The highest BCUT2D eigenvalue weighted by Gasteiger charge is 2.28. The van der Waals surface area contributed by atoms with Crippen LogP contribution in [0.25, 0.3) is 11.1 Å². The molecule has 0 radical (unpaired) electrons. The molecule has 208 valence electrons. The highest BCUT2D eigenvalue weighted by atomic mass is 32.2. The molecule has 0 N–H and O–H groups in total. The van der Waals surface area contributed by atoms with Crippen LogP contribution in [0.3, 0.4) is 0 Å². The number of esters is 1. The van der Waals surface area contributed by atoms with Crippen LogP contribution in [0.5, 0.6) is 11.5 Å². The Hall–Kier alpha value is -3.19. The van der Waals surface area contributed by atoms with E-state index in [0.717, 1.165) is 17.5 Å². The van der Waals surface area contributed by atoms with Crippen LogP contribution in [0.2, 0.25) is 0 Å². The van der Waals surface area contributed by atoms with Gasteiger partial charge < -0.3 is 14.2 Å². The second-order valence-corrected chi connectivity index (χ2v) is 12.2. The van der Waals surface area contributed by atoms with Crippen molar-refractivity contribution in [2.24, 2.45) is 5.92 Å². The molecule has 3 aromatic carbocycles. The lowest BCUT2D eigenvalue weighted by Crippen LogP contribution is -2.11. The van der Waals surface area contributed by atoms with Gasteiger partial charge in [0.25, 0.3) is 0 Å². The van der Waals surface area contributed by atoms with Gasteiger partial charge in [0.2, 0.25) is 0 Å². The molecule has 0 saturated heterocycles. The monoisotopic (exact) mass is 552 g/mol. The topological polar surface area (TPSA) is 61.8 Å². The van der Waals surface area contributed by atoms with Crippen LogP contribution in [-0.4, -0.2) is 29.1 Å². The van der Waals surface area contributed by atoms with Crippen molar-refractivity contribution in [3.63, 3.8) is 0 Å². The molecule has 0 heterocycles. The molecular formula is C32H37FO5S. The van der Waals surface area contributed by atoms with E-state index >= 15 is 0 Å². The molecule has 1 fully saturated rings. The van der Waals surface area contributed by atoms with E-state index in [1.807, 2.05) is 57.2 Å². The van der Waals surface area contributed by atoms with Gasteiger partial charge in [-0.25, -0.2) is 4.39 Å². The van der Waals surface area contributed by atoms with Gasteiger partial charge in [-0.2, -0.15) is 0 Å². The fourth-order valence-electron chi connectivity index (χ4n) is 4.68. The summed E-state index contributed by atoms with van der Waals surface area (Å²) in [6, 6.07) is 17.9. The predicted molar refractivity (Wildman–Crippen MR) is 152 cm³/mol. The maximum absolute atomic E-state index is 14.8. The average molecular weight is 553 g/mol. The Bertz CT molecular complexity index is 1320. The van der Waals surface area contributed by atoms with Gasteiger partial charge in [-0.15, -0.1) is 0 Å². The molecule has 0 aliphatic heterocycles. The number of hydrogen-bond donors (Lipinski definition) is 0. The summed E-state index contributed by atoms with van der Waals surface area (Å²) in [4.78, 5) is 12.8. The molecule has 0 aromatic heterocycles. The summed E-state index contributed by atoms with van der Waals surface area (Å²) in [6.45, 7) is 6.22. The van der Waals surface area contributed by atoms with Gasteiger partial charge in [0, 0.05) is 21.3 Å². The van der Waals surface area contributed by atoms with Crippen molar-refractivity contribution in [1.82, 2.24) is 0 Å². The van der Waals surface area contributed by atoms with Gasteiger partial charge in [-0.05, 0) is 72.7 Å². The minimum atomic E-state index is -1.35. The summed E-state index contributed by atoms with van der Waals surface area (Å²) >= 11 is 0. The molecule has 0 amide bonds. The van der Waals surface area contributed by atoms with Crippen LogP contribution in [0.15, 0.2) is 65.6 Å². The number of rotatable bonds is 13. The standard InChI is InChI=1S/C32H37FO5S/c1-5-37-32(34)18-25(15-22-9-10-22)24-7-6-8-27(17-24)38-20-23-11-13-28(31(16-23)39(35)21(2)3)29-19-26(36-4)12-14-30(29)33/h6-8,11-14,16-17,19,21-22,25H,5,9-10,15,18,20H2,1-4H3/t25?,39-/m0/s1. The molecular weight excluding hydrogens is 515 g/mol. The van der Waals surface area contributed by atoms with Crippen LogP contribution in [0.4, 0.5) is 4.39 Å². The lowest BCUT2D eigenvalue weighted by atomic mass is 9.90. The summed E-state index contributed by atoms with van der Waals surface area (Å²) < 4.78 is 44.7. The first-order chi connectivity index (χ1) is 18.8. The van der Waals surface area contributed by atoms with Crippen molar-refractivity contribution in [3.05, 3.63) is 77.6 Å². The van der Waals surface area contributed by atoms with E-state index in [0.29, 0.717) is 46.5 Å². The first-order valence-electron chi connectivity index (χ1n) is 13.5. The zero-order chi connectivity index (χ0) is 27.9. The van der Waals surface area contributed by atoms with Gasteiger partial charge in [0.05, 0.1) is 30.9 Å². The molecule has 3 aromatic rings. The third-order valence-electron chi connectivity index (χ3n) is 6.92. The normalized spacial score (nSPS) is 14.6. The highest BCUT2D eigenvalue weighted by molar-refractivity contribution is 7.85. The first-order valence-corrected chi connectivity index (χ1v) is 14.8. The van der Waals surface area contributed by atoms with Crippen LogP contribution < -0.4 is 9.47 Å².